The number of rotatable bonds is 7. The van der Waals surface area contributed by atoms with Crippen molar-refractivity contribution in [3.63, 3.8) is 0 Å². The molecule has 1 aromatic carbocycles. The molecule has 1 heterocycles. The van der Waals surface area contributed by atoms with E-state index >= 15 is 0 Å². The van der Waals surface area contributed by atoms with Gasteiger partial charge in [0.15, 0.2) is 0 Å². The summed E-state index contributed by atoms with van der Waals surface area (Å²) >= 11 is 0. The first-order valence-electron chi connectivity index (χ1n) is 7.60. The lowest BCUT2D eigenvalue weighted by Gasteiger charge is -2.35. The van der Waals surface area contributed by atoms with E-state index in [0.29, 0.717) is 13.2 Å². The maximum absolute atomic E-state index is 10.1. The highest BCUT2D eigenvalue weighted by Gasteiger charge is 2.19. The van der Waals surface area contributed by atoms with Crippen molar-refractivity contribution in [3.8, 4) is 5.75 Å². The third-order valence-corrected chi connectivity index (χ3v) is 3.78. The first-order valence-corrected chi connectivity index (χ1v) is 7.60. The molecule has 5 nitrogen and oxygen atoms in total. The maximum Gasteiger partial charge on any atom is 0.119 e. The Morgan fingerprint density at radius 1 is 1.13 bits per heavy atom. The molecular formula is C16H28Cl2N2O3. The van der Waals surface area contributed by atoms with Gasteiger partial charge in [-0.25, -0.2) is 0 Å². The quantitative estimate of drug-likeness (QED) is 0.758. The Labute approximate surface area is 151 Å². The summed E-state index contributed by atoms with van der Waals surface area (Å²) in [5.41, 5.74) is 1.15. The Hall–Kier alpha value is -0.560. The Bertz CT molecular complexity index is 430. The van der Waals surface area contributed by atoms with Gasteiger partial charge < -0.3 is 14.9 Å². The lowest BCUT2D eigenvalue weighted by atomic mass is 10.2. The summed E-state index contributed by atoms with van der Waals surface area (Å²) in [6.45, 7) is 7.70. The molecule has 1 aliphatic heterocycles. The van der Waals surface area contributed by atoms with Crippen molar-refractivity contribution >= 4 is 24.8 Å². The van der Waals surface area contributed by atoms with Crippen molar-refractivity contribution in [3.05, 3.63) is 29.8 Å². The number of hydrogen-bond donors (Lipinski definition) is 2. The number of ether oxygens (including phenoxy) is 1. The summed E-state index contributed by atoms with van der Waals surface area (Å²) < 4.78 is 5.63. The molecule has 0 amide bonds. The second-order valence-corrected chi connectivity index (χ2v) is 5.65. The zero-order chi connectivity index (χ0) is 15.1. The average molecular weight is 367 g/mol. The summed E-state index contributed by atoms with van der Waals surface area (Å²) in [5.74, 6) is 0.807. The molecule has 0 radical (unpaired) electrons. The highest BCUT2D eigenvalue weighted by atomic mass is 35.5. The highest BCUT2D eigenvalue weighted by molar-refractivity contribution is 5.85. The van der Waals surface area contributed by atoms with Crippen LogP contribution in [0.4, 0.5) is 0 Å². The van der Waals surface area contributed by atoms with E-state index in [1.54, 1.807) is 0 Å². The third kappa shape index (κ3) is 8.20. The molecular weight excluding hydrogens is 339 g/mol. The van der Waals surface area contributed by atoms with Crippen LogP contribution in [0, 0.1) is 6.92 Å². The van der Waals surface area contributed by atoms with Crippen LogP contribution in [0.1, 0.15) is 5.56 Å². The van der Waals surface area contributed by atoms with Crippen LogP contribution in [0.25, 0.3) is 0 Å². The minimum absolute atomic E-state index is 0. The number of aliphatic hydroxyl groups excluding tert-OH is 2. The van der Waals surface area contributed by atoms with Crippen LogP contribution in [-0.2, 0) is 0 Å². The van der Waals surface area contributed by atoms with E-state index < -0.39 is 6.10 Å². The monoisotopic (exact) mass is 366 g/mol. The number of aryl methyl sites for hydroxylation is 1. The van der Waals surface area contributed by atoms with Crippen molar-refractivity contribution in [1.29, 1.82) is 0 Å². The molecule has 7 heteroatoms. The number of benzene rings is 1. The van der Waals surface area contributed by atoms with E-state index in [1.807, 2.05) is 31.2 Å². The molecule has 1 saturated heterocycles. The van der Waals surface area contributed by atoms with Gasteiger partial charge in [-0.15, -0.1) is 24.8 Å². The Kier molecular flexibility index (Phi) is 11.6. The first kappa shape index (κ1) is 22.4. The van der Waals surface area contributed by atoms with Gasteiger partial charge in [-0.05, 0) is 24.6 Å². The van der Waals surface area contributed by atoms with Crippen LogP contribution in [0.2, 0.25) is 0 Å². The van der Waals surface area contributed by atoms with Crippen LogP contribution in [0.15, 0.2) is 24.3 Å². The molecule has 0 spiro atoms. The Morgan fingerprint density at radius 3 is 2.39 bits per heavy atom. The molecule has 23 heavy (non-hydrogen) atoms. The summed E-state index contributed by atoms with van der Waals surface area (Å²) in [7, 11) is 0. The molecule has 0 aliphatic carbocycles. The summed E-state index contributed by atoms with van der Waals surface area (Å²) in [6.07, 6.45) is -0.477. The van der Waals surface area contributed by atoms with E-state index in [-0.39, 0.29) is 31.4 Å². The Morgan fingerprint density at radius 2 is 1.78 bits per heavy atom. The zero-order valence-electron chi connectivity index (χ0n) is 13.6. The van der Waals surface area contributed by atoms with Gasteiger partial charge in [-0.1, -0.05) is 12.1 Å². The average Bonchev–Trinajstić information content (AvgIpc) is 2.48. The van der Waals surface area contributed by atoms with Crippen LogP contribution in [-0.4, -0.2) is 78.6 Å². The fourth-order valence-electron chi connectivity index (χ4n) is 2.59. The molecule has 1 atom stereocenters. The van der Waals surface area contributed by atoms with Crippen LogP contribution < -0.4 is 4.74 Å². The second kappa shape index (κ2) is 11.9. The standard InChI is InChI=1S/C16H26N2O3.2ClH/c1-14-3-2-4-16(11-14)21-13-15(20)12-18-7-5-17(6-8-18)9-10-19;;/h2-4,11,15,19-20H,5-10,12-13H2,1H3;2*1H. The van der Waals surface area contributed by atoms with E-state index in [4.69, 9.17) is 9.84 Å². The van der Waals surface area contributed by atoms with Gasteiger partial charge >= 0.3 is 0 Å². The number of piperazine rings is 1. The molecule has 1 fully saturated rings. The van der Waals surface area contributed by atoms with Gasteiger partial charge in [0.2, 0.25) is 0 Å². The summed E-state index contributed by atoms with van der Waals surface area (Å²) in [5, 5.41) is 19.0. The molecule has 2 rings (SSSR count). The molecule has 0 aromatic heterocycles. The van der Waals surface area contributed by atoms with Crippen LogP contribution in [0.5, 0.6) is 5.75 Å². The lowest BCUT2D eigenvalue weighted by molar-refractivity contribution is 0.0428. The van der Waals surface area contributed by atoms with Gasteiger partial charge in [-0.2, -0.15) is 0 Å². The predicted octanol–water partition coefficient (Wildman–Crippen LogP) is 1.19. The lowest BCUT2D eigenvalue weighted by Crippen LogP contribution is -2.49. The smallest absolute Gasteiger partial charge is 0.119 e. The molecule has 1 aliphatic rings. The van der Waals surface area contributed by atoms with Gasteiger partial charge in [0, 0.05) is 39.3 Å². The van der Waals surface area contributed by atoms with Gasteiger partial charge in [0.1, 0.15) is 18.5 Å². The predicted molar refractivity (Wildman–Crippen MR) is 97.1 cm³/mol. The largest absolute Gasteiger partial charge is 0.491 e. The van der Waals surface area contributed by atoms with Crippen LogP contribution in [0.3, 0.4) is 0 Å². The minimum Gasteiger partial charge on any atom is -0.491 e. The number of halogens is 2. The van der Waals surface area contributed by atoms with Crippen molar-refractivity contribution in [2.75, 3.05) is 52.5 Å². The Balaban J connectivity index is 0.00000242. The van der Waals surface area contributed by atoms with Gasteiger partial charge in [0.25, 0.3) is 0 Å². The van der Waals surface area contributed by atoms with E-state index in [0.717, 1.165) is 44.0 Å². The van der Waals surface area contributed by atoms with E-state index in [1.165, 1.54) is 0 Å². The van der Waals surface area contributed by atoms with Crippen molar-refractivity contribution in [2.24, 2.45) is 0 Å². The summed E-state index contributed by atoms with van der Waals surface area (Å²) in [6, 6.07) is 7.86. The van der Waals surface area contributed by atoms with Crippen molar-refractivity contribution < 1.29 is 14.9 Å². The molecule has 2 N–H and O–H groups in total. The van der Waals surface area contributed by atoms with E-state index in [9.17, 15) is 5.11 Å². The fraction of sp³-hybridized carbons (Fsp3) is 0.625. The second-order valence-electron chi connectivity index (χ2n) is 5.65. The zero-order valence-corrected chi connectivity index (χ0v) is 15.2. The van der Waals surface area contributed by atoms with Gasteiger partial charge in [-0.3, -0.25) is 9.80 Å². The minimum atomic E-state index is -0.477. The topological polar surface area (TPSA) is 56.2 Å². The van der Waals surface area contributed by atoms with Crippen molar-refractivity contribution in [2.45, 2.75) is 13.0 Å². The normalized spacial score (nSPS) is 17.0. The summed E-state index contributed by atoms with van der Waals surface area (Å²) in [4.78, 5) is 4.49. The molecule has 134 valence electrons. The third-order valence-electron chi connectivity index (χ3n) is 3.78. The number of nitrogens with zero attached hydrogens (tertiary/aromatic N) is 2. The van der Waals surface area contributed by atoms with Crippen LogP contribution >= 0.6 is 24.8 Å². The molecule has 0 saturated carbocycles. The van der Waals surface area contributed by atoms with Gasteiger partial charge in [0.05, 0.1) is 6.61 Å². The highest BCUT2D eigenvalue weighted by Crippen LogP contribution is 2.12. The first-order chi connectivity index (χ1) is 10.2. The molecule has 1 aromatic rings. The SMILES string of the molecule is Cc1cccc(OCC(O)CN2CCN(CCO)CC2)c1.Cl.Cl. The maximum atomic E-state index is 10.1. The van der Waals surface area contributed by atoms with E-state index in [2.05, 4.69) is 9.80 Å². The molecule has 1 unspecified atom stereocenters. The molecule has 0 bridgehead atoms. The number of hydrogen-bond acceptors (Lipinski definition) is 5. The van der Waals surface area contributed by atoms with Crippen molar-refractivity contribution in [1.82, 2.24) is 9.80 Å². The fourth-order valence-corrected chi connectivity index (χ4v) is 2.59. The number of β-amino-alcohol motifs (C(OH)–C–C–N with tert-alkyl or cyclic N) is 2. The number of aliphatic hydroxyl groups is 2.